The van der Waals surface area contributed by atoms with E-state index in [1.165, 1.54) is 11.1 Å². The molecule has 0 bridgehead atoms. The number of aryl methyl sites for hydroxylation is 2. The van der Waals surface area contributed by atoms with Crippen molar-refractivity contribution in [3.8, 4) is 0 Å². The lowest BCUT2D eigenvalue weighted by molar-refractivity contribution is 0.140. The summed E-state index contributed by atoms with van der Waals surface area (Å²) in [6, 6.07) is 12.3. The Kier molecular flexibility index (Phi) is 4.69. The Labute approximate surface area is 115 Å². The Hall–Kier alpha value is -1.67. The molecule has 0 aliphatic rings. The lowest BCUT2D eigenvalue weighted by atomic mass is 9.91. The van der Waals surface area contributed by atoms with Gasteiger partial charge in [0.2, 0.25) is 0 Å². The van der Waals surface area contributed by atoms with E-state index in [0.717, 1.165) is 18.4 Å². The predicted molar refractivity (Wildman–Crippen MR) is 78.2 cm³/mol. The van der Waals surface area contributed by atoms with E-state index in [9.17, 15) is 5.11 Å². The second kappa shape index (κ2) is 6.48. The van der Waals surface area contributed by atoms with Crippen molar-refractivity contribution in [3.63, 3.8) is 0 Å². The number of hydrogen-bond donors (Lipinski definition) is 1. The molecule has 0 amide bonds. The van der Waals surface area contributed by atoms with E-state index in [-0.39, 0.29) is 12.0 Å². The third-order valence-electron chi connectivity index (χ3n) is 3.78. The molecule has 100 valence electrons. The first-order valence-electron chi connectivity index (χ1n) is 6.81. The fraction of sp³-hybridized carbons (Fsp3) is 0.353. The number of aliphatic hydroxyl groups excluding tert-OH is 1. The Bertz CT molecular complexity index is 510. The molecule has 0 radical (unpaired) electrons. The summed E-state index contributed by atoms with van der Waals surface area (Å²) in [7, 11) is 0. The van der Waals surface area contributed by atoms with Crippen LogP contribution in [-0.2, 0) is 6.42 Å². The van der Waals surface area contributed by atoms with Gasteiger partial charge in [-0.15, -0.1) is 0 Å². The summed E-state index contributed by atoms with van der Waals surface area (Å²) in [6.07, 6.45) is 4.94. The van der Waals surface area contributed by atoms with Crippen LogP contribution in [0.1, 0.15) is 36.0 Å². The van der Waals surface area contributed by atoms with E-state index in [1.54, 1.807) is 12.4 Å². The van der Waals surface area contributed by atoms with Crippen LogP contribution in [0.4, 0.5) is 0 Å². The highest BCUT2D eigenvalue weighted by Crippen LogP contribution is 2.22. The first-order chi connectivity index (χ1) is 9.18. The largest absolute Gasteiger partial charge is 0.392 e. The molecule has 2 unspecified atom stereocenters. The molecule has 2 atom stereocenters. The minimum Gasteiger partial charge on any atom is -0.392 e. The Morgan fingerprint density at radius 3 is 2.47 bits per heavy atom. The third kappa shape index (κ3) is 3.65. The van der Waals surface area contributed by atoms with Gasteiger partial charge in [-0.1, -0.05) is 31.2 Å². The molecular formula is C17H21NO. The van der Waals surface area contributed by atoms with Crippen molar-refractivity contribution in [2.24, 2.45) is 0 Å². The van der Waals surface area contributed by atoms with Crippen LogP contribution in [0.3, 0.4) is 0 Å². The highest BCUT2D eigenvalue weighted by Gasteiger charge is 2.16. The summed E-state index contributed by atoms with van der Waals surface area (Å²) in [5.74, 6) is 0.145. The van der Waals surface area contributed by atoms with Crippen LogP contribution in [0.25, 0.3) is 0 Å². The molecule has 2 rings (SSSR count). The summed E-state index contributed by atoms with van der Waals surface area (Å²) >= 11 is 0. The molecule has 0 aliphatic carbocycles. The van der Waals surface area contributed by atoms with Crippen LogP contribution in [0, 0.1) is 6.92 Å². The van der Waals surface area contributed by atoms with Gasteiger partial charge in [0.25, 0.3) is 0 Å². The number of benzene rings is 1. The smallest absolute Gasteiger partial charge is 0.0609 e. The highest BCUT2D eigenvalue weighted by molar-refractivity contribution is 5.26. The van der Waals surface area contributed by atoms with Gasteiger partial charge in [0.15, 0.2) is 0 Å². The van der Waals surface area contributed by atoms with E-state index < -0.39 is 0 Å². The van der Waals surface area contributed by atoms with Crippen molar-refractivity contribution < 1.29 is 5.11 Å². The van der Waals surface area contributed by atoms with Crippen LogP contribution < -0.4 is 0 Å². The molecule has 2 nitrogen and oxygen atoms in total. The van der Waals surface area contributed by atoms with Gasteiger partial charge < -0.3 is 5.11 Å². The molecule has 0 saturated heterocycles. The molecule has 19 heavy (non-hydrogen) atoms. The minimum atomic E-state index is -0.318. The molecule has 1 heterocycles. The van der Waals surface area contributed by atoms with Gasteiger partial charge in [-0.2, -0.15) is 0 Å². The van der Waals surface area contributed by atoms with Crippen LogP contribution >= 0.6 is 0 Å². The molecule has 0 aliphatic heterocycles. The number of hydrogen-bond acceptors (Lipinski definition) is 2. The van der Waals surface area contributed by atoms with E-state index in [2.05, 4.69) is 43.1 Å². The minimum absolute atomic E-state index is 0.145. The Balaban J connectivity index is 1.95. The monoisotopic (exact) mass is 255 g/mol. The first kappa shape index (κ1) is 13.8. The van der Waals surface area contributed by atoms with E-state index >= 15 is 0 Å². The third-order valence-corrected chi connectivity index (χ3v) is 3.78. The molecule has 0 saturated carbocycles. The SMILES string of the molecule is Cc1ccccc1CCC(O)C(C)c1ccncc1. The molecule has 2 heteroatoms. The summed E-state index contributed by atoms with van der Waals surface area (Å²) in [6.45, 7) is 4.19. The van der Waals surface area contributed by atoms with Gasteiger partial charge in [-0.3, -0.25) is 4.98 Å². The fourth-order valence-electron chi connectivity index (χ4n) is 2.33. The van der Waals surface area contributed by atoms with Gasteiger partial charge in [0.1, 0.15) is 0 Å². The topological polar surface area (TPSA) is 33.1 Å². The van der Waals surface area contributed by atoms with Gasteiger partial charge >= 0.3 is 0 Å². The lowest BCUT2D eigenvalue weighted by Crippen LogP contribution is -2.17. The predicted octanol–water partition coefficient (Wildman–Crippen LogP) is 3.49. The van der Waals surface area contributed by atoms with Crippen LogP contribution in [0.15, 0.2) is 48.8 Å². The quantitative estimate of drug-likeness (QED) is 0.887. The number of nitrogens with zero attached hydrogens (tertiary/aromatic N) is 1. The van der Waals surface area contributed by atoms with Crippen LogP contribution in [0.5, 0.6) is 0 Å². The second-order valence-corrected chi connectivity index (χ2v) is 5.10. The van der Waals surface area contributed by atoms with Gasteiger partial charge in [-0.25, -0.2) is 0 Å². The second-order valence-electron chi connectivity index (χ2n) is 5.10. The van der Waals surface area contributed by atoms with E-state index in [0.29, 0.717) is 0 Å². The maximum Gasteiger partial charge on any atom is 0.0609 e. The maximum absolute atomic E-state index is 10.3. The fourth-order valence-corrected chi connectivity index (χ4v) is 2.33. The summed E-state index contributed by atoms with van der Waals surface area (Å²) in [5, 5.41) is 10.3. The average Bonchev–Trinajstić information content (AvgIpc) is 2.46. The van der Waals surface area contributed by atoms with Crippen molar-refractivity contribution in [1.29, 1.82) is 0 Å². The average molecular weight is 255 g/mol. The first-order valence-corrected chi connectivity index (χ1v) is 6.81. The summed E-state index contributed by atoms with van der Waals surface area (Å²) < 4.78 is 0. The van der Waals surface area contributed by atoms with Gasteiger partial charge in [-0.05, 0) is 48.6 Å². The number of aliphatic hydroxyl groups is 1. The van der Waals surface area contributed by atoms with Crippen molar-refractivity contribution >= 4 is 0 Å². The number of pyridine rings is 1. The van der Waals surface area contributed by atoms with Crippen LogP contribution in [0.2, 0.25) is 0 Å². The number of aromatic nitrogens is 1. The standard InChI is InChI=1S/C17H21NO/c1-13-5-3-4-6-15(13)7-8-17(19)14(2)16-9-11-18-12-10-16/h3-6,9-12,14,17,19H,7-8H2,1-2H3. The maximum atomic E-state index is 10.3. The zero-order valence-corrected chi connectivity index (χ0v) is 11.6. The zero-order valence-electron chi connectivity index (χ0n) is 11.6. The van der Waals surface area contributed by atoms with Gasteiger partial charge in [0.05, 0.1) is 6.10 Å². The van der Waals surface area contributed by atoms with Crippen molar-refractivity contribution in [2.75, 3.05) is 0 Å². The van der Waals surface area contributed by atoms with E-state index in [1.807, 2.05) is 12.1 Å². The molecule has 0 fully saturated rings. The molecule has 1 aromatic heterocycles. The van der Waals surface area contributed by atoms with Crippen molar-refractivity contribution in [3.05, 3.63) is 65.5 Å². The van der Waals surface area contributed by atoms with Gasteiger partial charge in [0, 0.05) is 18.3 Å². The molecule has 1 N–H and O–H groups in total. The molecule has 1 aromatic carbocycles. The Morgan fingerprint density at radius 2 is 1.79 bits per heavy atom. The summed E-state index contributed by atoms with van der Waals surface area (Å²) in [5.41, 5.74) is 3.77. The highest BCUT2D eigenvalue weighted by atomic mass is 16.3. The van der Waals surface area contributed by atoms with Crippen molar-refractivity contribution in [2.45, 2.75) is 38.7 Å². The molecule has 2 aromatic rings. The normalized spacial score (nSPS) is 14.1. The Morgan fingerprint density at radius 1 is 1.11 bits per heavy atom. The van der Waals surface area contributed by atoms with Crippen molar-refractivity contribution in [1.82, 2.24) is 4.98 Å². The lowest BCUT2D eigenvalue weighted by Gasteiger charge is -2.19. The molecular weight excluding hydrogens is 234 g/mol. The van der Waals surface area contributed by atoms with E-state index in [4.69, 9.17) is 0 Å². The number of rotatable bonds is 5. The molecule has 0 spiro atoms. The van der Waals surface area contributed by atoms with Crippen LogP contribution in [-0.4, -0.2) is 16.2 Å². The zero-order chi connectivity index (χ0) is 13.7. The summed E-state index contributed by atoms with van der Waals surface area (Å²) in [4.78, 5) is 4.01.